The zero-order chi connectivity index (χ0) is 23.9. The molecule has 0 aliphatic carbocycles. The predicted octanol–water partition coefficient (Wildman–Crippen LogP) is 6.29. The van der Waals surface area contributed by atoms with Gasteiger partial charge in [0.05, 0.1) is 11.1 Å². The first-order chi connectivity index (χ1) is 16.3. The third-order valence-electron chi connectivity index (χ3n) is 5.65. The highest BCUT2D eigenvalue weighted by Gasteiger charge is 2.31. The molecule has 8 heteroatoms. The van der Waals surface area contributed by atoms with E-state index in [-0.39, 0.29) is 22.8 Å². The Bertz CT molecular complexity index is 1550. The minimum atomic E-state index is -4.48. The lowest BCUT2D eigenvalue weighted by atomic mass is 10.1. The van der Waals surface area contributed by atoms with Gasteiger partial charge in [0.2, 0.25) is 5.82 Å². The molecule has 0 aliphatic heterocycles. The molecule has 0 amide bonds. The summed E-state index contributed by atoms with van der Waals surface area (Å²) in [6.07, 6.45) is -1.99. The van der Waals surface area contributed by atoms with E-state index >= 15 is 0 Å². The highest BCUT2D eigenvalue weighted by atomic mass is 19.4. The van der Waals surface area contributed by atoms with E-state index in [2.05, 4.69) is 10.1 Å². The molecule has 0 radical (unpaired) electrons. The minimum Gasteiger partial charge on any atom is -0.334 e. The van der Waals surface area contributed by atoms with Gasteiger partial charge in [0.25, 0.3) is 11.4 Å². The minimum absolute atomic E-state index is 0.0234. The van der Waals surface area contributed by atoms with E-state index in [0.29, 0.717) is 22.0 Å². The zero-order valence-corrected chi connectivity index (χ0v) is 18.0. The van der Waals surface area contributed by atoms with Crippen molar-refractivity contribution in [3.8, 4) is 28.5 Å². The number of aromatic nitrogens is 3. The van der Waals surface area contributed by atoms with Crippen LogP contribution in [0.2, 0.25) is 0 Å². The van der Waals surface area contributed by atoms with Crippen molar-refractivity contribution in [2.45, 2.75) is 19.5 Å². The molecule has 0 bridgehead atoms. The van der Waals surface area contributed by atoms with Crippen LogP contribution in [-0.4, -0.2) is 14.7 Å². The van der Waals surface area contributed by atoms with Gasteiger partial charge in [0.1, 0.15) is 0 Å². The van der Waals surface area contributed by atoms with E-state index < -0.39 is 11.7 Å². The second-order valence-corrected chi connectivity index (χ2v) is 7.79. The second kappa shape index (κ2) is 8.30. The monoisotopic (exact) mass is 461 g/mol. The van der Waals surface area contributed by atoms with Crippen LogP contribution in [0.25, 0.3) is 39.3 Å². The number of hydrogen-bond acceptors (Lipinski definition) is 4. The summed E-state index contributed by atoms with van der Waals surface area (Å²) in [5.41, 5.74) is 1.48. The molecule has 170 valence electrons. The first kappa shape index (κ1) is 21.6. The molecule has 0 fully saturated rings. The summed E-state index contributed by atoms with van der Waals surface area (Å²) in [5.74, 6) is 0.123. The standard InChI is InChI=1S/C26H18F3N3O2/c1-2-16-10-12-19(13-11-16)32-15-22(20-8-3-4-9-21(20)25(32)33)24-30-23(31-34-24)17-6-5-7-18(14-17)26(27,28)29/h3-15H,2H2,1H3. The van der Waals surface area contributed by atoms with Crippen molar-refractivity contribution < 1.29 is 17.7 Å². The van der Waals surface area contributed by atoms with Crippen molar-refractivity contribution in [1.29, 1.82) is 0 Å². The molecule has 5 rings (SSSR count). The smallest absolute Gasteiger partial charge is 0.334 e. The SMILES string of the molecule is CCc1ccc(-n2cc(-c3nc(-c4cccc(C(F)(F)F)c4)no3)c3ccccc3c2=O)cc1. The van der Waals surface area contributed by atoms with Crippen LogP contribution in [0, 0.1) is 0 Å². The van der Waals surface area contributed by atoms with E-state index in [1.54, 1.807) is 30.5 Å². The lowest BCUT2D eigenvalue weighted by molar-refractivity contribution is -0.137. The van der Waals surface area contributed by atoms with Gasteiger partial charge in [0, 0.05) is 28.2 Å². The van der Waals surface area contributed by atoms with Crippen LogP contribution in [-0.2, 0) is 12.6 Å². The molecule has 3 aromatic carbocycles. The van der Waals surface area contributed by atoms with Crippen molar-refractivity contribution in [2.24, 2.45) is 0 Å². The van der Waals surface area contributed by atoms with Gasteiger partial charge in [-0.3, -0.25) is 9.36 Å². The van der Waals surface area contributed by atoms with Gasteiger partial charge in [-0.05, 0) is 42.3 Å². The molecule has 0 saturated heterocycles. The molecule has 34 heavy (non-hydrogen) atoms. The number of nitrogens with zero attached hydrogens (tertiary/aromatic N) is 3. The fraction of sp³-hybridized carbons (Fsp3) is 0.115. The van der Waals surface area contributed by atoms with Crippen molar-refractivity contribution in [3.05, 3.63) is 100 Å². The first-order valence-electron chi connectivity index (χ1n) is 10.6. The third kappa shape index (κ3) is 3.87. The molecule has 0 unspecified atom stereocenters. The Morgan fingerprint density at radius 1 is 0.941 bits per heavy atom. The maximum absolute atomic E-state index is 13.2. The Balaban J connectivity index is 1.66. The van der Waals surface area contributed by atoms with Gasteiger partial charge in [0.15, 0.2) is 0 Å². The highest BCUT2D eigenvalue weighted by Crippen LogP contribution is 2.33. The Hall–Kier alpha value is -4.20. The maximum atomic E-state index is 13.2. The van der Waals surface area contributed by atoms with Gasteiger partial charge in [-0.15, -0.1) is 0 Å². The average molecular weight is 461 g/mol. The number of hydrogen-bond donors (Lipinski definition) is 0. The van der Waals surface area contributed by atoms with Crippen LogP contribution in [0.5, 0.6) is 0 Å². The quantitative estimate of drug-likeness (QED) is 0.316. The molecule has 5 aromatic rings. The number of alkyl halides is 3. The molecule has 0 saturated carbocycles. The maximum Gasteiger partial charge on any atom is 0.416 e. The number of halogens is 3. The Kier molecular flexibility index (Phi) is 5.28. The summed E-state index contributed by atoms with van der Waals surface area (Å²) in [6.45, 7) is 2.05. The van der Waals surface area contributed by atoms with E-state index in [9.17, 15) is 18.0 Å². The van der Waals surface area contributed by atoms with Gasteiger partial charge in [-0.2, -0.15) is 18.2 Å². The van der Waals surface area contributed by atoms with E-state index in [1.807, 2.05) is 31.2 Å². The Morgan fingerprint density at radius 2 is 1.68 bits per heavy atom. The Labute approximate surface area is 192 Å². The molecule has 0 aliphatic rings. The van der Waals surface area contributed by atoms with Crippen LogP contribution in [0.1, 0.15) is 18.1 Å². The number of benzene rings is 3. The number of rotatable bonds is 4. The molecule has 2 aromatic heterocycles. The van der Waals surface area contributed by atoms with Crippen molar-refractivity contribution in [1.82, 2.24) is 14.7 Å². The fourth-order valence-corrected chi connectivity index (χ4v) is 3.83. The second-order valence-electron chi connectivity index (χ2n) is 7.79. The molecule has 0 N–H and O–H groups in total. The number of fused-ring (bicyclic) bond motifs is 1. The van der Waals surface area contributed by atoms with E-state index in [0.717, 1.165) is 24.1 Å². The highest BCUT2D eigenvalue weighted by molar-refractivity contribution is 5.94. The van der Waals surface area contributed by atoms with Crippen LogP contribution < -0.4 is 5.56 Å². The summed E-state index contributed by atoms with van der Waals surface area (Å²) in [4.78, 5) is 17.6. The van der Waals surface area contributed by atoms with Crippen molar-refractivity contribution in [2.75, 3.05) is 0 Å². The largest absolute Gasteiger partial charge is 0.416 e. The zero-order valence-electron chi connectivity index (χ0n) is 18.0. The molecule has 2 heterocycles. The lowest BCUT2D eigenvalue weighted by Crippen LogP contribution is -2.18. The molecular weight excluding hydrogens is 443 g/mol. The van der Waals surface area contributed by atoms with Crippen molar-refractivity contribution in [3.63, 3.8) is 0 Å². The number of pyridine rings is 1. The van der Waals surface area contributed by atoms with Gasteiger partial charge >= 0.3 is 6.18 Å². The van der Waals surface area contributed by atoms with Crippen LogP contribution in [0.15, 0.2) is 88.3 Å². The van der Waals surface area contributed by atoms with Gasteiger partial charge < -0.3 is 4.52 Å². The molecule has 0 atom stereocenters. The van der Waals surface area contributed by atoms with E-state index in [1.165, 1.54) is 16.7 Å². The fourth-order valence-electron chi connectivity index (χ4n) is 3.83. The normalized spacial score (nSPS) is 11.8. The summed E-state index contributed by atoms with van der Waals surface area (Å²) in [6, 6.07) is 19.4. The lowest BCUT2D eigenvalue weighted by Gasteiger charge is -2.11. The van der Waals surface area contributed by atoms with Gasteiger partial charge in [-0.25, -0.2) is 0 Å². The average Bonchev–Trinajstić information content (AvgIpc) is 3.34. The van der Waals surface area contributed by atoms with Crippen LogP contribution in [0.3, 0.4) is 0 Å². The van der Waals surface area contributed by atoms with Gasteiger partial charge in [-0.1, -0.05) is 54.5 Å². The summed E-state index contributed by atoms with van der Waals surface area (Å²) < 4.78 is 46.3. The topological polar surface area (TPSA) is 60.9 Å². The molecular formula is C26H18F3N3O2. The summed E-state index contributed by atoms with van der Waals surface area (Å²) in [5, 5.41) is 4.96. The Morgan fingerprint density at radius 3 is 2.38 bits per heavy atom. The van der Waals surface area contributed by atoms with E-state index in [4.69, 9.17) is 4.52 Å². The van der Waals surface area contributed by atoms with Crippen molar-refractivity contribution >= 4 is 10.8 Å². The number of aryl methyl sites for hydroxylation is 1. The summed E-state index contributed by atoms with van der Waals surface area (Å²) in [7, 11) is 0. The predicted molar refractivity (Wildman–Crippen MR) is 123 cm³/mol. The third-order valence-corrected chi connectivity index (χ3v) is 5.65. The van der Waals surface area contributed by atoms with Crippen LogP contribution in [0.4, 0.5) is 13.2 Å². The molecule has 5 nitrogen and oxygen atoms in total. The molecule has 0 spiro atoms. The first-order valence-corrected chi connectivity index (χ1v) is 10.6. The summed E-state index contributed by atoms with van der Waals surface area (Å²) >= 11 is 0. The van der Waals surface area contributed by atoms with Crippen LogP contribution >= 0.6 is 0 Å².